The van der Waals surface area contributed by atoms with Crippen molar-refractivity contribution in [1.82, 2.24) is 0 Å². The Kier molecular flexibility index (Phi) is 14.0. The Labute approximate surface area is 123 Å². The van der Waals surface area contributed by atoms with Gasteiger partial charge in [0.15, 0.2) is 0 Å². The summed E-state index contributed by atoms with van der Waals surface area (Å²) in [6, 6.07) is 0. The largest absolute Gasteiger partial charge is 0.103 e. The van der Waals surface area contributed by atoms with E-state index in [-0.39, 0.29) is 0 Å². The summed E-state index contributed by atoms with van der Waals surface area (Å²) in [6.07, 6.45) is 19.0. The normalized spacial score (nSPS) is 14.3. The third-order valence-corrected chi connectivity index (χ3v) is 4.24. The third-order valence-electron chi connectivity index (χ3n) is 4.24. The fourth-order valence-electron chi connectivity index (χ4n) is 3.05. The van der Waals surface area contributed by atoms with E-state index in [1.54, 1.807) is 0 Å². The Balaban J connectivity index is 3.84. The van der Waals surface area contributed by atoms with E-state index in [2.05, 4.69) is 33.4 Å². The average Bonchev–Trinajstić information content (AvgIpc) is 2.38. The van der Waals surface area contributed by atoms with E-state index in [1.807, 2.05) is 0 Å². The Hall–Kier alpha value is -0.260. The molecule has 0 bridgehead atoms. The fourth-order valence-corrected chi connectivity index (χ4v) is 3.05. The molecule has 0 aromatic heterocycles. The molecule has 0 aliphatic rings. The molecule has 0 amide bonds. The predicted molar refractivity (Wildman–Crippen MR) is 89.6 cm³/mol. The Morgan fingerprint density at radius 3 is 1.95 bits per heavy atom. The molecule has 2 unspecified atom stereocenters. The summed E-state index contributed by atoms with van der Waals surface area (Å²) in [5, 5.41) is 0. The first kappa shape index (κ1) is 18.7. The van der Waals surface area contributed by atoms with Crippen molar-refractivity contribution in [2.45, 2.75) is 97.8 Å². The number of rotatable bonds is 14. The second-order valence-corrected chi connectivity index (χ2v) is 6.43. The Morgan fingerprint density at radius 2 is 1.37 bits per heavy atom. The molecule has 0 spiro atoms. The molecule has 0 fully saturated rings. The van der Waals surface area contributed by atoms with Gasteiger partial charge in [0, 0.05) is 0 Å². The molecule has 2 atom stereocenters. The van der Waals surface area contributed by atoms with Crippen LogP contribution in [0.25, 0.3) is 0 Å². The summed E-state index contributed by atoms with van der Waals surface area (Å²) in [4.78, 5) is 0. The maximum absolute atomic E-state index is 3.88. The molecule has 0 rings (SSSR count). The van der Waals surface area contributed by atoms with Crippen LogP contribution in [-0.4, -0.2) is 0 Å². The molecule has 0 aliphatic heterocycles. The molecule has 0 nitrogen and oxygen atoms in total. The Morgan fingerprint density at radius 1 is 0.842 bits per heavy atom. The number of unbranched alkanes of at least 4 members (excludes halogenated alkanes) is 6. The highest BCUT2D eigenvalue weighted by Crippen LogP contribution is 2.26. The minimum Gasteiger partial charge on any atom is -0.103 e. The van der Waals surface area contributed by atoms with E-state index in [0.717, 1.165) is 11.8 Å². The molecular weight excluding hydrogens is 228 g/mol. The quantitative estimate of drug-likeness (QED) is 0.231. The van der Waals surface area contributed by atoms with Crippen LogP contribution in [0, 0.1) is 11.8 Å². The highest BCUT2D eigenvalue weighted by Gasteiger charge is 2.12. The number of allylic oxidation sites excluding steroid dienone is 1. The van der Waals surface area contributed by atoms with Gasteiger partial charge in [-0.2, -0.15) is 0 Å². The van der Waals surface area contributed by atoms with E-state index in [4.69, 9.17) is 0 Å². The van der Waals surface area contributed by atoms with Crippen LogP contribution in [-0.2, 0) is 0 Å². The molecule has 0 N–H and O–H groups in total. The molecule has 19 heavy (non-hydrogen) atoms. The van der Waals surface area contributed by atoms with E-state index in [9.17, 15) is 0 Å². The van der Waals surface area contributed by atoms with Gasteiger partial charge in [-0.05, 0) is 24.7 Å². The topological polar surface area (TPSA) is 0 Å². The van der Waals surface area contributed by atoms with Crippen molar-refractivity contribution in [2.75, 3.05) is 0 Å². The molecule has 0 saturated carbocycles. The van der Waals surface area contributed by atoms with Gasteiger partial charge in [-0.25, -0.2) is 0 Å². The smallest absolute Gasteiger partial charge is 0.0327 e. The van der Waals surface area contributed by atoms with Gasteiger partial charge < -0.3 is 0 Å². The van der Waals surface area contributed by atoms with Gasteiger partial charge in [0.25, 0.3) is 0 Å². The van der Waals surface area contributed by atoms with Gasteiger partial charge in [-0.15, -0.1) is 6.58 Å². The lowest BCUT2D eigenvalue weighted by Crippen LogP contribution is -2.07. The first-order chi connectivity index (χ1) is 9.24. The van der Waals surface area contributed by atoms with Crippen LogP contribution in [0.4, 0.5) is 0 Å². The van der Waals surface area contributed by atoms with E-state index in [1.165, 1.54) is 77.0 Å². The van der Waals surface area contributed by atoms with Crippen LogP contribution in [0.5, 0.6) is 0 Å². The van der Waals surface area contributed by atoms with E-state index >= 15 is 0 Å². The molecule has 0 heterocycles. The molecular formula is C19H38. The van der Waals surface area contributed by atoms with Crippen molar-refractivity contribution < 1.29 is 0 Å². The molecule has 0 aromatic rings. The SMILES string of the molecule is C=CCC(C)CC(CCCCC)CCCCCCC. The molecule has 0 aliphatic carbocycles. The van der Waals surface area contributed by atoms with E-state index < -0.39 is 0 Å². The number of hydrogen-bond donors (Lipinski definition) is 0. The molecule has 0 aromatic carbocycles. The lowest BCUT2D eigenvalue weighted by molar-refractivity contribution is 0.330. The summed E-state index contributed by atoms with van der Waals surface area (Å²) < 4.78 is 0. The lowest BCUT2D eigenvalue weighted by Gasteiger charge is -2.20. The molecule has 0 heteroatoms. The van der Waals surface area contributed by atoms with Crippen molar-refractivity contribution in [1.29, 1.82) is 0 Å². The zero-order valence-electron chi connectivity index (χ0n) is 13.9. The second kappa shape index (κ2) is 14.2. The van der Waals surface area contributed by atoms with Crippen LogP contribution < -0.4 is 0 Å². The zero-order valence-corrected chi connectivity index (χ0v) is 13.9. The van der Waals surface area contributed by atoms with Crippen LogP contribution >= 0.6 is 0 Å². The first-order valence-corrected chi connectivity index (χ1v) is 8.85. The van der Waals surface area contributed by atoms with Crippen LogP contribution in [0.2, 0.25) is 0 Å². The van der Waals surface area contributed by atoms with Gasteiger partial charge in [0.05, 0.1) is 0 Å². The second-order valence-electron chi connectivity index (χ2n) is 6.43. The lowest BCUT2D eigenvalue weighted by atomic mass is 9.86. The van der Waals surface area contributed by atoms with Gasteiger partial charge >= 0.3 is 0 Å². The van der Waals surface area contributed by atoms with Gasteiger partial charge in [0.2, 0.25) is 0 Å². The summed E-state index contributed by atoms with van der Waals surface area (Å²) in [6.45, 7) is 10.9. The van der Waals surface area contributed by atoms with Crippen LogP contribution in [0.15, 0.2) is 12.7 Å². The monoisotopic (exact) mass is 266 g/mol. The van der Waals surface area contributed by atoms with Crippen molar-refractivity contribution in [3.63, 3.8) is 0 Å². The van der Waals surface area contributed by atoms with Crippen molar-refractivity contribution in [2.24, 2.45) is 11.8 Å². The zero-order chi connectivity index (χ0) is 14.3. The molecule has 0 saturated heterocycles. The Bertz CT molecular complexity index is 182. The maximum atomic E-state index is 3.88. The van der Waals surface area contributed by atoms with Gasteiger partial charge in [-0.1, -0.05) is 91.1 Å². The first-order valence-electron chi connectivity index (χ1n) is 8.85. The van der Waals surface area contributed by atoms with Crippen LogP contribution in [0.3, 0.4) is 0 Å². The summed E-state index contributed by atoms with van der Waals surface area (Å²) in [5.41, 5.74) is 0. The highest BCUT2D eigenvalue weighted by molar-refractivity contribution is 4.73. The minimum absolute atomic E-state index is 0.833. The average molecular weight is 267 g/mol. The van der Waals surface area contributed by atoms with E-state index in [0.29, 0.717) is 0 Å². The maximum Gasteiger partial charge on any atom is -0.0327 e. The third kappa shape index (κ3) is 12.5. The van der Waals surface area contributed by atoms with Crippen molar-refractivity contribution >= 4 is 0 Å². The minimum atomic E-state index is 0.833. The van der Waals surface area contributed by atoms with Gasteiger partial charge in [-0.3, -0.25) is 0 Å². The van der Waals surface area contributed by atoms with Crippen molar-refractivity contribution in [3.8, 4) is 0 Å². The fraction of sp³-hybridized carbons (Fsp3) is 0.895. The van der Waals surface area contributed by atoms with Crippen LogP contribution in [0.1, 0.15) is 97.8 Å². The number of hydrogen-bond acceptors (Lipinski definition) is 0. The molecule has 0 radical (unpaired) electrons. The van der Waals surface area contributed by atoms with Crippen molar-refractivity contribution in [3.05, 3.63) is 12.7 Å². The summed E-state index contributed by atoms with van der Waals surface area (Å²) in [5.74, 6) is 1.81. The molecule has 114 valence electrons. The van der Waals surface area contributed by atoms with Gasteiger partial charge in [0.1, 0.15) is 0 Å². The summed E-state index contributed by atoms with van der Waals surface area (Å²) in [7, 11) is 0. The highest BCUT2D eigenvalue weighted by atomic mass is 14.2. The standard InChI is InChI=1S/C19H38/c1-5-8-10-11-13-16-19(15-12-9-6-2)17-18(4)14-7-3/h7,18-19H,3,5-6,8-17H2,1-2,4H3. The predicted octanol–water partition coefficient (Wildman–Crippen LogP) is 7.15. The summed E-state index contributed by atoms with van der Waals surface area (Å²) >= 11 is 0.